The molecule has 10 nitrogen and oxygen atoms in total. The van der Waals surface area contributed by atoms with E-state index in [4.69, 9.17) is 14.7 Å². The second kappa shape index (κ2) is 12.3. The van der Waals surface area contributed by atoms with Gasteiger partial charge in [0.25, 0.3) is 0 Å². The van der Waals surface area contributed by atoms with Crippen LogP contribution in [0.5, 0.6) is 5.75 Å². The number of aromatic amines is 1. The number of aromatic nitrogens is 4. The number of anilines is 2. The van der Waals surface area contributed by atoms with Crippen LogP contribution in [0, 0.1) is 12.3 Å². The number of piperidine rings is 1. The van der Waals surface area contributed by atoms with Gasteiger partial charge < -0.3 is 19.4 Å². The summed E-state index contributed by atoms with van der Waals surface area (Å²) < 4.78 is 62.0. The Bertz CT molecular complexity index is 2060. The molecule has 1 N–H and O–H groups in total. The number of amides is 1. The number of halogens is 4. The van der Waals surface area contributed by atoms with Crippen molar-refractivity contribution in [3.8, 4) is 16.9 Å². The lowest BCUT2D eigenvalue weighted by Gasteiger charge is -2.54. The van der Waals surface area contributed by atoms with Crippen molar-refractivity contribution in [2.24, 2.45) is 5.41 Å². The highest BCUT2D eigenvalue weighted by Gasteiger charge is 2.47. The van der Waals surface area contributed by atoms with Crippen LogP contribution in [0.15, 0.2) is 37.1 Å². The molecule has 52 heavy (non-hydrogen) atoms. The van der Waals surface area contributed by atoms with Crippen molar-refractivity contribution in [3.05, 3.63) is 48.2 Å². The van der Waals surface area contributed by atoms with E-state index in [1.165, 1.54) is 6.08 Å². The average molecular weight is 719 g/mol. The summed E-state index contributed by atoms with van der Waals surface area (Å²) in [5, 5.41) is 8.78. The largest absolute Gasteiger partial charge is 0.481 e. The smallest absolute Gasteiger partial charge is 0.422 e. The van der Waals surface area contributed by atoms with E-state index in [1.807, 2.05) is 24.0 Å². The van der Waals surface area contributed by atoms with E-state index in [9.17, 15) is 22.4 Å². The van der Waals surface area contributed by atoms with Gasteiger partial charge in [-0.2, -0.15) is 23.3 Å². The van der Waals surface area contributed by atoms with Crippen molar-refractivity contribution in [2.45, 2.75) is 63.3 Å². The lowest BCUT2D eigenvalue weighted by atomic mass is 9.72. The van der Waals surface area contributed by atoms with Crippen LogP contribution in [0.2, 0.25) is 0 Å². The van der Waals surface area contributed by atoms with Crippen molar-refractivity contribution < 1.29 is 27.1 Å². The third kappa shape index (κ3) is 5.82. The van der Waals surface area contributed by atoms with Crippen molar-refractivity contribution >= 4 is 39.5 Å². The molecule has 1 spiro atoms. The van der Waals surface area contributed by atoms with Gasteiger partial charge in [0.2, 0.25) is 11.9 Å². The summed E-state index contributed by atoms with van der Waals surface area (Å²) in [6.07, 6.45) is 2.06. The Balaban J connectivity index is 1.20. The molecule has 4 aromatic rings. The molecule has 2 aromatic heterocycles. The summed E-state index contributed by atoms with van der Waals surface area (Å²) in [4.78, 5) is 30.8. The molecule has 4 aliphatic heterocycles. The van der Waals surface area contributed by atoms with Gasteiger partial charge in [0, 0.05) is 80.2 Å². The van der Waals surface area contributed by atoms with E-state index in [2.05, 4.69) is 37.5 Å². The molecule has 14 heteroatoms. The molecule has 2 aromatic carbocycles. The molecule has 1 aliphatic carbocycles. The number of fused-ring (bicyclic) bond motifs is 2. The van der Waals surface area contributed by atoms with Gasteiger partial charge in [-0.1, -0.05) is 12.6 Å². The number of carbonyl (C=O) groups is 1. The fourth-order valence-corrected chi connectivity index (χ4v) is 8.87. The summed E-state index contributed by atoms with van der Waals surface area (Å²) in [5.41, 5.74) is 4.42. The van der Waals surface area contributed by atoms with Gasteiger partial charge >= 0.3 is 6.18 Å². The second-order valence-corrected chi connectivity index (χ2v) is 15.5. The summed E-state index contributed by atoms with van der Waals surface area (Å²) in [6, 6.07) is 6.14. The van der Waals surface area contributed by atoms with Crippen molar-refractivity contribution in [1.82, 2.24) is 30.0 Å². The number of alkyl halides is 4. The Kier molecular flexibility index (Phi) is 7.90. The third-order valence-electron chi connectivity index (χ3n) is 11.9. The molecule has 1 saturated carbocycles. The van der Waals surface area contributed by atoms with E-state index in [0.29, 0.717) is 80.6 Å². The average Bonchev–Trinajstić information content (AvgIpc) is 3.63. The number of nitrogens with zero attached hydrogens (tertiary/aromatic N) is 7. The molecular weight excluding hydrogens is 676 g/mol. The van der Waals surface area contributed by atoms with Crippen LogP contribution >= 0.6 is 0 Å². The zero-order chi connectivity index (χ0) is 35.9. The van der Waals surface area contributed by atoms with Crippen LogP contribution in [-0.2, 0) is 4.79 Å². The fourth-order valence-electron chi connectivity index (χ4n) is 8.87. The molecule has 274 valence electrons. The molecule has 1 amide bonds. The number of likely N-dealkylation sites (tertiary alicyclic amines) is 2. The van der Waals surface area contributed by atoms with E-state index in [1.54, 1.807) is 6.20 Å². The number of benzene rings is 2. The maximum Gasteiger partial charge on any atom is 0.422 e. The predicted octanol–water partition coefficient (Wildman–Crippen LogP) is 6.15. The van der Waals surface area contributed by atoms with E-state index >= 15 is 0 Å². The molecule has 0 unspecified atom stereocenters. The molecular formula is C38H42F4N8O2. The van der Waals surface area contributed by atoms with E-state index in [0.717, 1.165) is 59.7 Å². The minimum absolute atomic E-state index is 0.0304. The van der Waals surface area contributed by atoms with Gasteiger partial charge in [-0.25, -0.2) is 9.37 Å². The summed E-state index contributed by atoms with van der Waals surface area (Å²) in [7, 11) is 0. The van der Waals surface area contributed by atoms with E-state index < -0.39 is 19.0 Å². The van der Waals surface area contributed by atoms with Crippen molar-refractivity contribution in [1.29, 1.82) is 0 Å². The first-order valence-electron chi connectivity index (χ1n) is 18.3. The fraction of sp³-hybridized carbons (Fsp3) is 0.526. The van der Waals surface area contributed by atoms with Gasteiger partial charge in [0.15, 0.2) is 12.4 Å². The highest BCUT2D eigenvalue weighted by Crippen LogP contribution is 2.53. The topological polar surface area (TPSA) is 93.7 Å². The lowest BCUT2D eigenvalue weighted by Crippen LogP contribution is -2.61. The Morgan fingerprint density at radius 1 is 1.04 bits per heavy atom. The van der Waals surface area contributed by atoms with E-state index in [-0.39, 0.29) is 29.0 Å². The number of hydrogen-bond donors (Lipinski definition) is 1. The van der Waals surface area contributed by atoms with Crippen molar-refractivity contribution in [2.75, 3.05) is 68.8 Å². The van der Waals surface area contributed by atoms with Crippen LogP contribution in [0.25, 0.3) is 32.9 Å². The van der Waals surface area contributed by atoms with Crippen LogP contribution in [-0.4, -0.2) is 113 Å². The number of nitrogens with one attached hydrogen (secondary N) is 1. The van der Waals surface area contributed by atoms with Gasteiger partial charge in [0.05, 0.1) is 11.7 Å². The lowest BCUT2D eigenvalue weighted by molar-refractivity contribution is -0.153. The molecule has 6 heterocycles. The minimum Gasteiger partial charge on any atom is -0.481 e. The highest BCUT2D eigenvalue weighted by molar-refractivity contribution is 6.06. The van der Waals surface area contributed by atoms with Crippen LogP contribution in [0.1, 0.15) is 49.1 Å². The number of H-pyrrole nitrogens is 1. The third-order valence-corrected chi connectivity index (χ3v) is 11.9. The maximum atomic E-state index is 14.1. The zero-order valence-corrected chi connectivity index (χ0v) is 29.2. The Labute approximate surface area is 298 Å². The first-order chi connectivity index (χ1) is 25.0. The van der Waals surface area contributed by atoms with Gasteiger partial charge in [0.1, 0.15) is 17.5 Å². The molecule has 4 saturated heterocycles. The van der Waals surface area contributed by atoms with Crippen LogP contribution < -0.4 is 14.5 Å². The van der Waals surface area contributed by atoms with Gasteiger partial charge in [-0.3, -0.25) is 14.8 Å². The normalized spacial score (nSPS) is 22.3. The van der Waals surface area contributed by atoms with Gasteiger partial charge in [-0.05, 0) is 79.8 Å². The second-order valence-electron chi connectivity index (χ2n) is 15.5. The molecule has 1 atom stereocenters. The molecule has 0 radical (unpaired) electrons. The first-order valence-corrected chi connectivity index (χ1v) is 18.3. The zero-order valence-electron chi connectivity index (χ0n) is 29.2. The SMILES string of the molecule is C=CC(=O)N1CC2(CCN(c3nc(N4CC[C@@H](N5CC(F)C5)C4)nc4c(OCC(F)(F)F)c(-c5c(C)ccc6[nH]ncc56)c(C5CC5)cc34)CC2)C1. The Hall–Kier alpha value is -4.46. The maximum absolute atomic E-state index is 14.1. The minimum atomic E-state index is -4.58. The summed E-state index contributed by atoms with van der Waals surface area (Å²) in [5.74, 6) is 1.34. The number of rotatable bonds is 8. The highest BCUT2D eigenvalue weighted by atomic mass is 19.4. The summed E-state index contributed by atoms with van der Waals surface area (Å²) >= 11 is 0. The monoisotopic (exact) mass is 718 g/mol. The number of ether oxygens (including phenoxy) is 1. The predicted molar refractivity (Wildman–Crippen MR) is 191 cm³/mol. The van der Waals surface area contributed by atoms with Crippen LogP contribution in [0.4, 0.5) is 29.3 Å². The quantitative estimate of drug-likeness (QED) is 0.172. The van der Waals surface area contributed by atoms with Crippen molar-refractivity contribution in [3.63, 3.8) is 0 Å². The summed E-state index contributed by atoms with van der Waals surface area (Å²) in [6.45, 7) is 8.96. The standard InChI is InChI=1S/C38H42F4N8O2/c1-3-30(51)50-19-37(20-50)9-12-47(13-10-37)35-27-14-26(23-5-6-23)32(31-22(2)4-7-29-28(31)15-43-46-29)34(52-21-38(40,41)42)33(27)44-36(45-35)48-11-8-25(18-48)49-16-24(39)17-49/h3-4,7,14-15,23-25H,1,5-6,8-13,16-21H2,2H3,(H,43,46)/t25-/m1/s1. The number of aryl methyl sites for hydroxylation is 1. The molecule has 0 bridgehead atoms. The Morgan fingerprint density at radius 3 is 2.50 bits per heavy atom. The first kappa shape index (κ1) is 33.4. The number of hydrogen-bond acceptors (Lipinski definition) is 8. The molecule has 5 fully saturated rings. The molecule has 9 rings (SSSR count). The molecule has 5 aliphatic rings. The number of carbonyl (C=O) groups excluding carboxylic acids is 1. The van der Waals surface area contributed by atoms with Crippen LogP contribution in [0.3, 0.4) is 0 Å². The van der Waals surface area contributed by atoms with Gasteiger partial charge in [-0.15, -0.1) is 0 Å². The Morgan fingerprint density at radius 2 is 1.81 bits per heavy atom.